The summed E-state index contributed by atoms with van der Waals surface area (Å²) in [6, 6.07) is 13.4. The highest BCUT2D eigenvalue weighted by atomic mass is 32.2. The summed E-state index contributed by atoms with van der Waals surface area (Å²) < 4.78 is 37.0. The smallest absolute Gasteiger partial charge is 0.336 e. The minimum atomic E-state index is -3.49. The van der Waals surface area contributed by atoms with Gasteiger partial charge in [0.15, 0.2) is 0 Å². The molecule has 1 heterocycles. The third-order valence-corrected chi connectivity index (χ3v) is 6.78. The number of ether oxygens (including phenoxy) is 1. The lowest BCUT2D eigenvalue weighted by Gasteiger charge is -2.18. The first-order chi connectivity index (χ1) is 13.9. The fourth-order valence-corrected chi connectivity index (χ4v) is 4.60. The molecule has 0 unspecified atom stereocenters. The largest absolute Gasteiger partial charge is 0.497 e. The van der Waals surface area contributed by atoms with E-state index in [9.17, 15) is 13.2 Å². The SMILES string of the molecule is CCN(CC)S(=O)(=O)c1ccc(NCc2cc(=O)oc3cc(OC)ccc23)cc1. The van der Waals surface area contributed by atoms with Crippen LogP contribution in [0.4, 0.5) is 5.69 Å². The Hall–Kier alpha value is -2.84. The molecule has 0 saturated heterocycles. The molecule has 0 aliphatic rings. The fraction of sp³-hybridized carbons (Fsp3) is 0.286. The summed E-state index contributed by atoms with van der Waals surface area (Å²) in [6.45, 7) is 4.86. The number of nitrogens with one attached hydrogen (secondary N) is 1. The maximum atomic E-state index is 12.6. The van der Waals surface area contributed by atoms with Gasteiger partial charge in [0.2, 0.25) is 10.0 Å². The zero-order chi connectivity index (χ0) is 21.0. The number of methoxy groups -OCH3 is 1. The molecule has 0 aliphatic heterocycles. The van der Waals surface area contributed by atoms with E-state index in [1.54, 1.807) is 43.5 Å². The number of fused-ring (bicyclic) bond motifs is 1. The van der Waals surface area contributed by atoms with Crippen molar-refractivity contribution in [3.8, 4) is 5.75 Å². The van der Waals surface area contributed by atoms with Crippen LogP contribution in [0, 0.1) is 0 Å². The van der Waals surface area contributed by atoms with Gasteiger partial charge in [-0.3, -0.25) is 0 Å². The summed E-state index contributed by atoms with van der Waals surface area (Å²) >= 11 is 0. The van der Waals surface area contributed by atoms with Gasteiger partial charge in [-0.1, -0.05) is 13.8 Å². The molecule has 7 nitrogen and oxygen atoms in total. The molecule has 0 bridgehead atoms. The quantitative estimate of drug-likeness (QED) is 0.566. The van der Waals surface area contributed by atoms with E-state index in [0.29, 0.717) is 31.0 Å². The average molecular weight is 416 g/mol. The van der Waals surface area contributed by atoms with Crippen LogP contribution in [0.15, 0.2) is 62.6 Å². The molecule has 0 fully saturated rings. The lowest BCUT2D eigenvalue weighted by atomic mass is 10.1. The number of sulfonamides is 1. The third-order valence-electron chi connectivity index (χ3n) is 4.72. The molecule has 154 valence electrons. The predicted octanol–water partition coefficient (Wildman–Crippen LogP) is 3.44. The summed E-state index contributed by atoms with van der Waals surface area (Å²) in [7, 11) is -1.94. The second-order valence-electron chi connectivity index (χ2n) is 6.42. The topological polar surface area (TPSA) is 88.9 Å². The number of anilines is 1. The maximum Gasteiger partial charge on any atom is 0.336 e. The van der Waals surface area contributed by atoms with E-state index in [0.717, 1.165) is 16.6 Å². The molecular formula is C21H24N2O5S. The first kappa shape index (κ1) is 20.9. The molecule has 3 aromatic rings. The predicted molar refractivity (Wildman–Crippen MR) is 113 cm³/mol. The van der Waals surface area contributed by atoms with Crippen LogP contribution in [0.5, 0.6) is 5.75 Å². The monoisotopic (exact) mass is 416 g/mol. The fourth-order valence-electron chi connectivity index (χ4n) is 3.14. The van der Waals surface area contributed by atoms with E-state index in [1.165, 1.54) is 10.4 Å². The lowest BCUT2D eigenvalue weighted by molar-refractivity contribution is 0.414. The van der Waals surface area contributed by atoms with Gasteiger partial charge >= 0.3 is 5.63 Å². The maximum absolute atomic E-state index is 12.6. The van der Waals surface area contributed by atoms with Gasteiger partial charge in [0, 0.05) is 42.8 Å². The van der Waals surface area contributed by atoms with Crippen molar-refractivity contribution in [1.82, 2.24) is 4.31 Å². The Morgan fingerprint density at radius 1 is 1.03 bits per heavy atom. The highest BCUT2D eigenvalue weighted by molar-refractivity contribution is 7.89. The van der Waals surface area contributed by atoms with Crippen LogP contribution in [-0.2, 0) is 16.6 Å². The van der Waals surface area contributed by atoms with Crippen molar-refractivity contribution < 1.29 is 17.6 Å². The van der Waals surface area contributed by atoms with Crippen LogP contribution in [0.3, 0.4) is 0 Å². The Labute approximate surface area is 170 Å². The van der Waals surface area contributed by atoms with Gasteiger partial charge < -0.3 is 14.5 Å². The van der Waals surface area contributed by atoms with E-state index < -0.39 is 15.6 Å². The first-order valence-corrected chi connectivity index (χ1v) is 10.8. The Morgan fingerprint density at radius 3 is 2.34 bits per heavy atom. The molecule has 0 saturated carbocycles. The molecule has 2 aromatic carbocycles. The standard InChI is InChI=1S/C21H24N2O5S/c1-4-23(5-2)29(25,26)18-9-6-16(7-10-18)22-14-15-12-21(24)28-20-13-17(27-3)8-11-19(15)20/h6-13,22H,4-5,14H2,1-3H3. The zero-order valence-corrected chi connectivity index (χ0v) is 17.5. The van der Waals surface area contributed by atoms with Crippen molar-refractivity contribution in [2.45, 2.75) is 25.3 Å². The van der Waals surface area contributed by atoms with Gasteiger partial charge in [0.1, 0.15) is 11.3 Å². The van der Waals surface area contributed by atoms with Crippen molar-refractivity contribution in [3.63, 3.8) is 0 Å². The normalized spacial score (nSPS) is 11.7. The summed E-state index contributed by atoms with van der Waals surface area (Å²) in [5.74, 6) is 0.607. The highest BCUT2D eigenvalue weighted by Crippen LogP contribution is 2.24. The lowest BCUT2D eigenvalue weighted by Crippen LogP contribution is -2.30. The second-order valence-corrected chi connectivity index (χ2v) is 8.36. The molecule has 1 aromatic heterocycles. The van der Waals surface area contributed by atoms with Crippen LogP contribution >= 0.6 is 0 Å². The molecule has 0 radical (unpaired) electrons. The summed E-state index contributed by atoms with van der Waals surface area (Å²) in [4.78, 5) is 12.1. The van der Waals surface area contributed by atoms with Gasteiger partial charge in [-0.2, -0.15) is 4.31 Å². The minimum absolute atomic E-state index is 0.254. The van der Waals surface area contributed by atoms with Gasteiger partial charge in [0.05, 0.1) is 12.0 Å². The van der Waals surface area contributed by atoms with Crippen LogP contribution in [0.25, 0.3) is 11.0 Å². The number of hydrogen-bond donors (Lipinski definition) is 1. The Bertz CT molecular complexity index is 1150. The molecule has 3 rings (SSSR count). The summed E-state index contributed by atoms with van der Waals surface area (Å²) in [6.07, 6.45) is 0. The zero-order valence-electron chi connectivity index (χ0n) is 16.6. The van der Waals surface area contributed by atoms with Crippen molar-refractivity contribution in [3.05, 3.63) is 64.5 Å². The number of benzene rings is 2. The van der Waals surface area contributed by atoms with Crippen molar-refractivity contribution >= 4 is 26.7 Å². The average Bonchev–Trinajstić information content (AvgIpc) is 2.72. The van der Waals surface area contributed by atoms with E-state index >= 15 is 0 Å². The van der Waals surface area contributed by atoms with E-state index in [-0.39, 0.29) is 4.90 Å². The molecule has 29 heavy (non-hydrogen) atoms. The van der Waals surface area contributed by atoms with Crippen molar-refractivity contribution in [2.75, 3.05) is 25.5 Å². The number of hydrogen-bond acceptors (Lipinski definition) is 6. The number of nitrogens with zero attached hydrogens (tertiary/aromatic N) is 1. The van der Waals surface area contributed by atoms with Gasteiger partial charge in [-0.25, -0.2) is 13.2 Å². The Balaban J connectivity index is 1.81. The van der Waals surface area contributed by atoms with Gasteiger partial charge in [-0.15, -0.1) is 0 Å². The molecule has 0 aliphatic carbocycles. The summed E-state index contributed by atoms with van der Waals surface area (Å²) in [5, 5.41) is 4.03. The van der Waals surface area contributed by atoms with Crippen LogP contribution < -0.4 is 15.7 Å². The molecule has 1 N–H and O–H groups in total. The molecule has 0 amide bonds. The van der Waals surface area contributed by atoms with Crippen molar-refractivity contribution in [1.29, 1.82) is 0 Å². The molecular weight excluding hydrogens is 392 g/mol. The van der Waals surface area contributed by atoms with Gasteiger partial charge in [0.25, 0.3) is 0 Å². The van der Waals surface area contributed by atoms with E-state index in [2.05, 4.69) is 5.32 Å². The van der Waals surface area contributed by atoms with Gasteiger partial charge in [-0.05, 0) is 42.0 Å². The van der Waals surface area contributed by atoms with Crippen LogP contribution in [0.2, 0.25) is 0 Å². The van der Waals surface area contributed by atoms with Crippen molar-refractivity contribution in [2.24, 2.45) is 0 Å². The third kappa shape index (κ3) is 4.44. The van der Waals surface area contributed by atoms with E-state index in [4.69, 9.17) is 9.15 Å². The molecule has 8 heteroatoms. The van der Waals surface area contributed by atoms with E-state index in [1.807, 2.05) is 19.9 Å². The van der Waals surface area contributed by atoms with Crippen LogP contribution in [0.1, 0.15) is 19.4 Å². The Kier molecular flexibility index (Phi) is 6.24. The minimum Gasteiger partial charge on any atom is -0.497 e. The number of rotatable bonds is 8. The summed E-state index contributed by atoms with van der Waals surface area (Å²) in [5.41, 5.74) is 1.54. The molecule has 0 atom stereocenters. The highest BCUT2D eigenvalue weighted by Gasteiger charge is 2.21. The second kappa shape index (κ2) is 8.67. The Morgan fingerprint density at radius 2 is 1.72 bits per heavy atom. The molecule has 0 spiro atoms. The van der Waals surface area contributed by atoms with Crippen LogP contribution in [-0.4, -0.2) is 32.9 Å². The first-order valence-electron chi connectivity index (χ1n) is 9.34.